The smallest absolute Gasteiger partial charge is 0.0465 e. The van der Waals surface area contributed by atoms with Crippen molar-refractivity contribution in [1.29, 1.82) is 0 Å². The Kier molecular flexibility index (Phi) is 9.51. The quantitative estimate of drug-likeness (QED) is 0.127. The number of hydrogen-bond acceptors (Lipinski definition) is 1. The summed E-state index contributed by atoms with van der Waals surface area (Å²) in [5.74, 6) is 0. The molecule has 0 atom stereocenters. The van der Waals surface area contributed by atoms with Gasteiger partial charge in [-0.2, -0.15) is 0 Å². The van der Waals surface area contributed by atoms with E-state index in [4.69, 9.17) is 0 Å². The fourth-order valence-corrected chi connectivity index (χ4v) is 8.79. The lowest BCUT2D eigenvalue weighted by Gasteiger charge is -2.32. The van der Waals surface area contributed by atoms with Crippen molar-refractivity contribution in [3.8, 4) is 44.5 Å². The van der Waals surface area contributed by atoms with E-state index in [-0.39, 0.29) is 5.41 Å². The summed E-state index contributed by atoms with van der Waals surface area (Å²) in [5.41, 5.74) is 18.8. The van der Waals surface area contributed by atoms with E-state index in [0.29, 0.717) is 0 Å². The van der Waals surface area contributed by atoms with Crippen LogP contribution in [0.3, 0.4) is 0 Å². The molecular formula is C55H45N. The van der Waals surface area contributed by atoms with E-state index in [1.165, 1.54) is 72.4 Å². The first-order valence-corrected chi connectivity index (χ1v) is 19.9. The molecule has 0 spiro atoms. The number of benzene rings is 8. The van der Waals surface area contributed by atoms with Gasteiger partial charge in [0.05, 0.1) is 0 Å². The van der Waals surface area contributed by atoms with Crippen molar-refractivity contribution >= 4 is 29.2 Å². The Balaban J connectivity index is 1.03. The average molecular weight is 720 g/mol. The van der Waals surface area contributed by atoms with Crippen LogP contribution in [0.15, 0.2) is 200 Å². The molecule has 0 aliphatic heterocycles. The third kappa shape index (κ3) is 6.46. The Labute approximate surface area is 331 Å². The Hall–Kier alpha value is -6.70. The van der Waals surface area contributed by atoms with Gasteiger partial charge in [0.1, 0.15) is 0 Å². The minimum Gasteiger partial charge on any atom is -0.310 e. The van der Waals surface area contributed by atoms with Gasteiger partial charge < -0.3 is 4.90 Å². The second-order valence-corrected chi connectivity index (χ2v) is 14.8. The van der Waals surface area contributed by atoms with Gasteiger partial charge in [-0.25, -0.2) is 0 Å². The molecule has 0 aromatic heterocycles. The standard InChI is InChI=1S/C55H45N/c1-3-55(4-2)53-37-41(29-34-50(53)51-36-33-48(39-54(51)55)56(46-21-13-7-14-22-46)47-23-15-8-16-24-47)26-25-40-27-30-44(31-28-40)52-38-45(42-17-9-5-10-18-42)32-35-49(52)43-19-11-6-12-20-43/h5-39H,3-4H2,1-2H3/b26-25+. The highest BCUT2D eigenvalue weighted by Gasteiger charge is 2.41. The molecule has 1 aliphatic rings. The summed E-state index contributed by atoms with van der Waals surface area (Å²) in [7, 11) is 0. The summed E-state index contributed by atoms with van der Waals surface area (Å²) in [5, 5.41) is 0. The zero-order chi connectivity index (χ0) is 37.9. The molecule has 270 valence electrons. The Bertz CT molecular complexity index is 2580. The van der Waals surface area contributed by atoms with Gasteiger partial charge in [-0.05, 0) is 122 Å². The van der Waals surface area contributed by atoms with Crippen molar-refractivity contribution in [1.82, 2.24) is 0 Å². The molecule has 0 N–H and O–H groups in total. The van der Waals surface area contributed by atoms with Gasteiger partial charge in [-0.3, -0.25) is 0 Å². The molecule has 0 radical (unpaired) electrons. The highest BCUT2D eigenvalue weighted by molar-refractivity contribution is 5.89. The lowest BCUT2D eigenvalue weighted by Crippen LogP contribution is -2.23. The number of para-hydroxylation sites is 2. The Morgan fingerprint density at radius 3 is 1.43 bits per heavy atom. The van der Waals surface area contributed by atoms with E-state index >= 15 is 0 Å². The molecule has 0 heterocycles. The van der Waals surface area contributed by atoms with Crippen molar-refractivity contribution in [3.63, 3.8) is 0 Å². The van der Waals surface area contributed by atoms with Crippen LogP contribution >= 0.6 is 0 Å². The van der Waals surface area contributed by atoms with Crippen LogP contribution in [0, 0.1) is 0 Å². The minimum absolute atomic E-state index is 0.0596. The summed E-state index contributed by atoms with van der Waals surface area (Å²) < 4.78 is 0. The number of nitrogens with zero attached hydrogens (tertiary/aromatic N) is 1. The zero-order valence-electron chi connectivity index (χ0n) is 32.1. The van der Waals surface area contributed by atoms with Crippen LogP contribution in [0.1, 0.15) is 48.9 Å². The van der Waals surface area contributed by atoms with Crippen LogP contribution in [0.5, 0.6) is 0 Å². The number of fused-ring (bicyclic) bond motifs is 3. The van der Waals surface area contributed by atoms with Crippen molar-refractivity contribution in [2.45, 2.75) is 32.1 Å². The average Bonchev–Trinajstić information content (AvgIpc) is 3.55. The molecule has 0 bridgehead atoms. The largest absolute Gasteiger partial charge is 0.310 e. The minimum atomic E-state index is -0.0596. The molecule has 0 saturated carbocycles. The molecule has 0 saturated heterocycles. The van der Waals surface area contributed by atoms with Crippen molar-refractivity contribution in [2.75, 3.05) is 4.90 Å². The SMILES string of the molecule is CCC1(CC)c2cc(/C=C/c3ccc(-c4cc(-c5ccccc5)ccc4-c4ccccc4)cc3)ccc2-c2ccc(N(c3ccccc3)c3ccccc3)cc21. The van der Waals surface area contributed by atoms with Crippen molar-refractivity contribution in [3.05, 3.63) is 222 Å². The summed E-state index contributed by atoms with van der Waals surface area (Å²) in [6.45, 7) is 4.70. The first-order chi connectivity index (χ1) is 27.6. The first-order valence-electron chi connectivity index (χ1n) is 19.9. The van der Waals surface area contributed by atoms with E-state index in [9.17, 15) is 0 Å². The molecule has 8 aromatic rings. The van der Waals surface area contributed by atoms with E-state index in [0.717, 1.165) is 24.2 Å². The third-order valence-electron chi connectivity index (χ3n) is 11.8. The Morgan fingerprint density at radius 2 is 0.821 bits per heavy atom. The number of hydrogen-bond donors (Lipinski definition) is 0. The number of anilines is 3. The molecular weight excluding hydrogens is 675 g/mol. The lowest BCUT2D eigenvalue weighted by molar-refractivity contribution is 0.490. The molecule has 0 amide bonds. The summed E-state index contributed by atoms with van der Waals surface area (Å²) >= 11 is 0. The third-order valence-corrected chi connectivity index (χ3v) is 11.8. The van der Waals surface area contributed by atoms with Gasteiger partial charge in [0.15, 0.2) is 0 Å². The normalized spacial score (nSPS) is 12.7. The van der Waals surface area contributed by atoms with E-state index in [2.05, 4.69) is 231 Å². The molecule has 0 fully saturated rings. The molecule has 1 aliphatic carbocycles. The summed E-state index contributed by atoms with van der Waals surface area (Å²) in [4.78, 5) is 2.38. The van der Waals surface area contributed by atoms with E-state index < -0.39 is 0 Å². The zero-order valence-corrected chi connectivity index (χ0v) is 32.1. The topological polar surface area (TPSA) is 3.24 Å². The first kappa shape index (κ1) is 35.0. The predicted molar refractivity (Wildman–Crippen MR) is 240 cm³/mol. The highest BCUT2D eigenvalue weighted by Crippen LogP contribution is 2.54. The predicted octanol–water partition coefficient (Wildman–Crippen LogP) is 15.4. The fourth-order valence-electron chi connectivity index (χ4n) is 8.79. The van der Waals surface area contributed by atoms with Crippen LogP contribution in [0.4, 0.5) is 17.1 Å². The second-order valence-electron chi connectivity index (χ2n) is 14.8. The van der Waals surface area contributed by atoms with Gasteiger partial charge in [-0.1, -0.05) is 184 Å². The highest BCUT2D eigenvalue weighted by atomic mass is 15.1. The van der Waals surface area contributed by atoms with Crippen LogP contribution < -0.4 is 4.90 Å². The summed E-state index contributed by atoms with van der Waals surface area (Å²) in [6.07, 6.45) is 6.60. The van der Waals surface area contributed by atoms with Crippen LogP contribution in [-0.4, -0.2) is 0 Å². The van der Waals surface area contributed by atoms with Gasteiger partial charge in [0.2, 0.25) is 0 Å². The Morgan fingerprint density at radius 1 is 0.357 bits per heavy atom. The van der Waals surface area contributed by atoms with E-state index in [1.807, 2.05) is 0 Å². The van der Waals surface area contributed by atoms with Crippen molar-refractivity contribution < 1.29 is 0 Å². The molecule has 56 heavy (non-hydrogen) atoms. The van der Waals surface area contributed by atoms with Crippen LogP contribution in [0.25, 0.3) is 56.7 Å². The van der Waals surface area contributed by atoms with Crippen molar-refractivity contribution in [2.24, 2.45) is 0 Å². The van der Waals surface area contributed by atoms with Gasteiger partial charge in [0, 0.05) is 22.5 Å². The molecule has 9 rings (SSSR count). The second kappa shape index (κ2) is 15.2. The maximum Gasteiger partial charge on any atom is 0.0465 e. The van der Waals surface area contributed by atoms with Gasteiger partial charge >= 0.3 is 0 Å². The maximum atomic E-state index is 2.46. The number of rotatable bonds is 10. The lowest BCUT2D eigenvalue weighted by atomic mass is 9.73. The van der Waals surface area contributed by atoms with Gasteiger partial charge in [-0.15, -0.1) is 0 Å². The van der Waals surface area contributed by atoms with Crippen LogP contribution in [-0.2, 0) is 5.41 Å². The molecule has 1 nitrogen and oxygen atoms in total. The van der Waals surface area contributed by atoms with Gasteiger partial charge in [0.25, 0.3) is 0 Å². The van der Waals surface area contributed by atoms with E-state index in [1.54, 1.807) is 0 Å². The molecule has 0 unspecified atom stereocenters. The molecule has 1 heteroatoms. The molecule has 8 aromatic carbocycles. The van der Waals surface area contributed by atoms with Crippen LogP contribution in [0.2, 0.25) is 0 Å². The maximum absolute atomic E-state index is 2.46. The fraction of sp³-hybridized carbons (Fsp3) is 0.0909. The monoisotopic (exact) mass is 719 g/mol. The summed E-state index contributed by atoms with van der Waals surface area (Å²) in [6, 6.07) is 72.8.